The molecule has 0 radical (unpaired) electrons. The second-order valence-corrected chi connectivity index (χ2v) is 5.68. The normalized spacial score (nSPS) is 10.4. The Bertz CT molecular complexity index is 621. The smallest absolute Gasteiger partial charge is 0.161 e. The molecule has 2 aromatic rings. The SMILES string of the molecule is NNc1nc(Nc2ccc(Br)cc2Cl)c(Cl)cc1Cl. The second-order valence-electron chi connectivity index (χ2n) is 3.54. The van der Waals surface area contributed by atoms with Gasteiger partial charge < -0.3 is 10.7 Å². The van der Waals surface area contributed by atoms with E-state index in [0.29, 0.717) is 32.4 Å². The number of hydrogen-bond donors (Lipinski definition) is 3. The summed E-state index contributed by atoms with van der Waals surface area (Å²) >= 11 is 21.4. The van der Waals surface area contributed by atoms with Crippen molar-refractivity contribution in [3.63, 3.8) is 0 Å². The van der Waals surface area contributed by atoms with Crippen molar-refractivity contribution in [3.8, 4) is 0 Å². The summed E-state index contributed by atoms with van der Waals surface area (Å²) in [5, 5.41) is 4.25. The predicted octanol–water partition coefficient (Wildman–Crippen LogP) is 4.83. The third kappa shape index (κ3) is 3.43. The van der Waals surface area contributed by atoms with Crippen molar-refractivity contribution in [2.45, 2.75) is 0 Å². The molecule has 1 heterocycles. The maximum atomic E-state index is 6.11. The van der Waals surface area contributed by atoms with E-state index in [1.807, 2.05) is 6.07 Å². The van der Waals surface area contributed by atoms with Crippen LogP contribution < -0.4 is 16.6 Å². The molecular formula is C11H8BrCl3N4. The Morgan fingerprint density at radius 1 is 1.00 bits per heavy atom. The topological polar surface area (TPSA) is 63.0 Å². The van der Waals surface area contributed by atoms with Crippen LogP contribution in [0.1, 0.15) is 0 Å². The molecule has 0 aliphatic carbocycles. The van der Waals surface area contributed by atoms with Gasteiger partial charge in [0.1, 0.15) is 0 Å². The van der Waals surface area contributed by atoms with Crippen molar-refractivity contribution in [2.75, 3.05) is 10.7 Å². The average Bonchev–Trinajstić information content (AvgIpc) is 2.35. The first kappa shape index (κ1) is 14.7. The van der Waals surface area contributed by atoms with Crippen LogP contribution in [0.4, 0.5) is 17.3 Å². The van der Waals surface area contributed by atoms with Crippen molar-refractivity contribution in [1.82, 2.24) is 4.98 Å². The highest BCUT2D eigenvalue weighted by Crippen LogP contribution is 2.33. The number of rotatable bonds is 3. The number of nitrogens with two attached hydrogens (primary N) is 1. The number of pyridine rings is 1. The second kappa shape index (κ2) is 6.15. The monoisotopic (exact) mass is 380 g/mol. The minimum atomic E-state index is 0.321. The number of hydrazine groups is 1. The third-order valence-corrected chi connectivity index (χ3v) is 3.63. The van der Waals surface area contributed by atoms with Crippen LogP contribution in [0.15, 0.2) is 28.7 Å². The number of halogens is 4. The van der Waals surface area contributed by atoms with E-state index in [4.69, 9.17) is 40.6 Å². The number of aromatic nitrogens is 1. The third-order valence-electron chi connectivity index (χ3n) is 2.25. The van der Waals surface area contributed by atoms with Gasteiger partial charge in [-0.3, -0.25) is 0 Å². The highest BCUT2D eigenvalue weighted by Gasteiger charge is 2.10. The van der Waals surface area contributed by atoms with Crippen LogP contribution in [0.3, 0.4) is 0 Å². The Kier molecular flexibility index (Phi) is 4.76. The van der Waals surface area contributed by atoms with Gasteiger partial charge in [-0.15, -0.1) is 0 Å². The molecule has 1 aromatic heterocycles. The zero-order chi connectivity index (χ0) is 14.0. The number of benzene rings is 1. The summed E-state index contributed by atoms with van der Waals surface area (Å²) in [7, 11) is 0. The van der Waals surface area contributed by atoms with Crippen LogP contribution in [0.5, 0.6) is 0 Å². The average molecular weight is 382 g/mol. The van der Waals surface area contributed by atoms with E-state index in [1.165, 1.54) is 0 Å². The summed E-state index contributed by atoms with van der Waals surface area (Å²) < 4.78 is 0.877. The Hall–Kier alpha value is -0.720. The van der Waals surface area contributed by atoms with Gasteiger partial charge in [0, 0.05) is 4.47 Å². The summed E-state index contributed by atoms with van der Waals surface area (Å²) in [6, 6.07) is 6.95. The molecule has 0 unspecified atom stereocenters. The van der Waals surface area contributed by atoms with E-state index in [2.05, 4.69) is 31.7 Å². The zero-order valence-electron chi connectivity index (χ0n) is 9.35. The van der Waals surface area contributed by atoms with E-state index in [9.17, 15) is 0 Å². The molecule has 1 aromatic carbocycles. The van der Waals surface area contributed by atoms with E-state index in [0.717, 1.165) is 4.47 Å². The Balaban J connectivity index is 2.37. The molecule has 0 aliphatic rings. The molecule has 0 spiro atoms. The van der Waals surface area contributed by atoms with Crippen molar-refractivity contribution in [3.05, 3.63) is 43.8 Å². The molecule has 19 heavy (non-hydrogen) atoms. The number of nitrogens with one attached hydrogen (secondary N) is 2. The fraction of sp³-hybridized carbons (Fsp3) is 0. The minimum Gasteiger partial charge on any atom is -0.338 e. The van der Waals surface area contributed by atoms with Crippen LogP contribution in [0.2, 0.25) is 15.1 Å². The number of nitrogens with zero attached hydrogens (tertiary/aromatic N) is 1. The van der Waals surface area contributed by atoms with Crippen LogP contribution in [-0.2, 0) is 0 Å². The van der Waals surface area contributed by atoms with Crippen LogP contribution in [0, 0.1) is 0 Å². The molecule has 0 saturated heterocycles. The fourth-order valence-corrected chi connectivity index (χ4v) is 2.55. The molecule has 4 N–H and O–H groups in total. The lowest BCUT2D eigenvalue weighted by atomic mass is 10.3. The Labute approximate surface area is 133 Å². The first-order valence-electron chi connectivity index (χ1n) is 5.06. The van der Waals surface area contributed by atoms with Gasteiger partial charge in [0.05, 0.1) is 20.8 Å². The van der Waals surface area contributed by atoms with E-state index >= 15 is 0 Å². The van der Waals surface area contributed by atoms with Crippen molar-refractivity contribution in [2.24, 2.45) is 5.84 Å². The Morgan fingerprint density at radius 2 is 1.68 bits per heavy atom. The maximum Gasteiger partial charge on any atom is 0.161 e. The molecule has 0 atom stereocenters. The molecule has 0 amide bonds. The summed E-state index contributed by atoms with van der Waals surface area (Å²) in [6.45, 7) is 0. The van der Waals surface area contributed by atoms with Gasteiger partial charge in [-0.2, -0.15) is 0 Å². The maximum absolute atomic E-state index is 6.11. The highest BCUT2D eigenvalue weighted by atomic mass is 79.9. The minimum absolute atomic E-state index is 0.321. The summed E-state index contributed by atoms with van der Waals surface area (Å²) in [5.41, 5.74) is 3.06. The standard InChI is InChI=1S/C11H8BrCl3N4/c12-5-1-2-9(6(13)3-5)17-10-7(14)4-8(15)11(18-10)19-16/h1-4H,16H2,(H2,17,18,19). The molecule has 0 saturated carbocycles. The molecule has 0 bridgehead atoms. The van der Waals surface area contributed by atoms with Gasteiger partial charge in [-0.1, -0.05) is 50.7 Å². The van der Waals surface area contributed by atoms with Crippen LogP contribution in [-0.4, -0.2) is 4.98 Å². The van der Waals surface area contributed by atoms with Crippen LogP contribution in [0.25, 0.3) is 0 Å². The van der Waals surface area contributed by atoms with Gasteiger partial charge in [0.2, 0.25) is 0 Å². The van der Waals surface area contributed by atoms with Gasteiger partial charge in [0.25, 0.3) is 0 Å². The Morgan fingerprint density at radius 3 is 2.32 bits per heavy atom. The summed E-state index contributed by atoms with van der Waals surface area (Å²) in [5.74, 6) is 6.04. The largest absolute Gasteiger partial charge is 0.338 e. The van der Waals surface area contributed by atoms with Crippen molar-refractivity contribution in [1.29, 1.82) is 0 Å². The number of nitrogen functional groups attached to an aromatic ring is 1. The van der Waals surface area contributed by atoms with Gasteiger partial charge in [-0.25, -0.2) is 10.8 Å². The van der Waals surface area contributed by atoms with Crippen molar-refractivity contribution >= 4 is 68.1 Å². The predicted molar refractivity (Wildman–Crippen MR) is 84.5 cm³/mol. The van der Waals surface area contributed by atoms with Gasteiger partial charge in [-0.05, 0) is 24.3 Å². The summed E-state index contributed by atoms with van der Waals surface area (Å²) in [6.07, 6.45) is 0. The zero-order valence-corrected chi connectivity index (χ0v) is 13.2. The molecule has 0 fully saturated rings. The molecule has 4 nitrogen and oxygen atoms in total. The quantitative estimate of drug-likeness (QED) is 0.525. The van der Waals surface area contributed by atoms with Crippen molar-refractivity contribution < 1.29 is 0 Å². The summed E-state index contributed by atoms with van der Waals surface area (Å²) in [4.78, 5) is 4.17. The number of hydrogen-bond acceptors (Lipinski definition) is 4. The highest BCUT2D eigenvalue weighted by molar-refractivity contribution is 9.10. The van der Waals surface area contributed by atoms with E-state index in [1.54, 1.807) is 18.2 Å². The van der Waals surface area contributed by atoms with Crippen LogP contribution >= 0.6 is 50.7 Å². The molecule has 0 aliphatic heterocycles. The molecule has 2 rings (SSSR count). The lowest BCUT2D eigenvalue weighted by Gasteiger charge is -2.12. The first-order chi connectivity index (χ1) is 9.01. The van der Waals surface area contributed by atoms with E-state index < -0.39 is 0 Å². The van der Waals surface area contributed by atoms with E-state index in [-0.39, 0.29) is 0 Å². The number of anilines is 3. The fourth-order valence-electron chi connectivity index (χ4n) is 1.37. The molecular weight excluding hydrogens is 374 g/mol. The van der Waals surface area contributed by atoms with Gasteiger partial charge >= 0.3 is 0 Å². The lowest BCUT2D eigenvalue weighted by Crippen LogP contribution is -2.10. The molecule has 8 heteroatoms. The lowest BCUT2D eigenvalue weighted by molar-refractivity contribution is 1.22. The molecule has 100 valence electrons. The first-order valence-corrected chi connectivity index (χ1v) is 6.98. The van der Waals surface area contributed by atoms with Gasteiger partial charge in [0.15, 0.2) is 11.6 Å².